The second kappa shape index (κ2) is 4.91. The van der Waals surface area contributed by atoms with Crippen molar-refractivity contribution in [2.45, 2.75) is 25.8 Å². The van der Waals surface area contributed by atoms with Crippen molar-refractivity contribution in [3.8, 4) is 0 Å². The van der Waals surface area contributed by atoms with Crippen LogP contribution in [0.1, 0.15) is 19.8 Å². The van der Waals surface area contributed by atoms with Gasteiger partial charge in [-0.1, -0.05) is 6.92 Å². The van der Waals surface area contributed by atoms with Crippen molar-refractivity contribution in [2.24, 2.45) is 0 Å². The number of esters is 1. The molecule has 0 aromatic rings. The summed E-state index contributed by atoms with van der Waals surface area (Å²) in [7, 11) is -2.27. The van der Waals surface area contributed by atoms with E-state index in [4.69, 9.17) is 0 Å². The molecule has 0 bridgehead atoms. The van der Waals surface area contributed by atoms with Crippen LogP contribution in [0.15, 0.2) is 0 Å². The molecular weight excluding hydrogens is 220 g/mol. The molecule has 15 heavy (non-hydrogen) atoms. The molecule has 0 spiro atoms. The number of nitrogens with one attached hydrogen (secondary N) is 1. The third-order valence-electron chi connectivity index (χ3n) is 2.31. The fraction of sp³-hybridized carbons (Fsp3) is 0.875. The van der Waals surface area contributed by atoms with Crippen LogP contribution >= 0.6 is 0 Å². The molecule has 1 rings (SSSR count). The average Bonchev–Trinajstić information content (AvgIpc) is 2.65. The molecule has 0 aromatic heterocycles. The number of carbonyl (C=O) groups is 1. The molecule has 1 N–H and O–H groups in total. The zero-order valence-corrected chi connectivity index (χ0v) is 9.71. The molecule has 1 aliphatic heterocycles. The molecule has 0 radical (unpaired) electrons. The highest BCUT2D eigenvalue weighted by atomic mass is 32.2. The summed E-state index contributed by atoms with van der Waals surface area (Å²) in [6.07, 6.45) is 1.21. The fourth-order valence-corrected chi connectivity index (χ4v) is 3.09. The molecule has 1 fully saturated rings. The van der Waals surface area contributed by atoms with E-state index in [9.17, 15) is 13.2 Å². The molecule has 0 saturated carbocycles. The lowest BCUT2D eigenvalue weighted by Gasteiger charge is -2.21. The maximum Gasteiger partial charge on any atom is 0.324 e. The van der Waals surface area contributed by atoms with Crippen LogP contribution in [0.3, 0.4) is 0 Å². The molecule has 1 unspecified atom stereocenters. The molecule has 1 heterocycles. The highest BCUT2D eigenvalue weighted by Crippen LogP contribution is 2.20. The number of hydrogen-bond acceptors (Lipinski definition) is 4. The number of methoxy groups -OCH3 is 1. The molecular formula is C8H16N2O4S. The van der Waals surface area contributed by atoms with Crippen LogP contribution in [-0.4, -0.2) is 44.9 Å². The summed E-state index contributed by atoms with van der Waals surface area (Å²) in [6, 6.07) is -0.668. The van der Waals surface area contributed by atoms with E-state index in [1.807, 2.05) is 0 Å². The first-order valence-corrected chi connectivity index (χ1v) is 6.31. The zero-order chi connectivity index (χ0) is 11.5. The Morgan fingerprint density at radius 1 is 1.60 bits per heavy atom. The van der Waals surface area contributed by atoms with Gasteiger partial charge in [0, 0.05) is 13.1 Å². The van der Waals surface area contributed by atoms with Gasteiger partial charge >= 0.3 is 5.97 Å². The summed E-state index contributed by atoms with van der Waals surface area (Å²) in [5, 5.41) is 0. The van der Waals surface area contributed by atoms with E-state index in [0.29, 0.717) is 25.9 Å². The Hall–Kier alpha value is -0.660. The van der Waals surface area contributed by atoms with Crippen LogP contribution in [-0.2, 0) is 19.7 Å². The summed E-state index contributed by atoms with van der Waals surface area (Å²) in [5.74, 6) is -0.492. The second-order valence-corrected chi connectivity index (χ2v) is 5.00. The van der Waals surface area contributed by atoms with Crippen molar-refractivity contribution < 1.29 is 17.9 Å². The van der Waals surface area contributed by atoms with Crippen molar-refractivity contribution in [3.05, 3.63) is 0 Å². The third-order valence-corrected chi connectivity index (χ3v) is 4.02. The minimum Gasteiger partial charge on any atom is -0.468 e. The van der Waals surface area contributed by atoms with Gasteiger partial charge < -0.3 is 4.74 Å². The summed E-state index contributed by atoms with van der Waals surface area (Å²) < 4.78 is 31.4. The highest BCUT2D eigenvalue weighted by molar-refractivity contribution is 7.87. The quantitative estimate of drug-likeness (QED) is 0.666. The molecule has 0 amide bonds. The lowest BCUT2D eigenvalue weighted by Crippen LogP contribution is -2.46. The smallest absolute Gasteiger partial charge is 0.324 e. The van der Waals surface area contributed by atoms with E-state index in [1.54, 1.807) is 6.92 Å². The Morgan fingerprint density at radius 2 is 2.27 bits per heavy atom. The van der Waals surface area contributed by atoms with Gasteiger partial charge in [-0.3, -0.25) is 4.79 Å². The zero-order valence-electron chi connectivity index (χ0n) is 8.89. The van der Waals surface area contributed by atoms with Crippen LogP contribution in [0.2, 0.25) is 0 Å². The van der Waals surface area contributed by atoms with E-state index < -0.39 is 22.2 Å². The molecule has 88 valence electrons. The first-order valence-electron chi connectivity index (χ1n) is 4.87. The molecule has 0 aromatic carbocycles. The number of rotatable bonds is 4. The van der Waals surface area contributed by atoms with Crippen LogP contribution < -0.4 is 4.72 Å². The normalized spacial score (nSPS) is 22.9. The highest BCUT2D eigenvalue weighted by Gasteiger charge is 2.38. The topological polar surface area (TPSA) is 75.7 Å². The number of carbonyl (C=O) groups excluding carboxylic acids is 1. The predicted octanol–water partition coefficient (Wildman–Crippen LogP) is -0.522. The maximum atomic E-state index is 11.7. The van der Waals surface area contributed by atoms with Gasteiger partial charge in [0.2, 0.25) is 0 Å². The largest absolute Gasteiger partial charge is 0.468 e. The second-order valence-electron chi connectivity index (χ2n) is 3.29. The van der Waals surface area contributed by atoms with Gasteiger partial charge in [0.1, 0.15) is 6.04 Å². The predicted molar refractivity (Wildman–Crippen MR) is 54.3 cm³/mol. The van der Waals surface area contributed by atoms with Gasteiger partial charge in [-0.05, 0) is 12.8 Å². The SMILES string of the molecule is CCNS(=O)(=O)N1CCCC1C(=O)OC. The van der Waals surface area contributed by atoms with Gasteiger partial charge in [0.15, 0.2) is 0 Å². The Kier molecular flexibility index (Phi) is 4.06. The van der Waals surface area contributed by atoms with Gasteiger partial charge in [0.25, 0.3) is 10.2 Å². The van der Waals surface area contributed by atoms with Crippen molar-refractivity contribution in [1.29, 1.82) is 0 Å². The van der Waals surface area contributed by atoms with Crippen LogP contribution in [0.4, 0.5) is 0 Å². The maximum absolute atomic E-state index is 11.7. The minimum atomic E-state index is -3.53. The van der Waals surface area contributed by atoms with E-state index in [0.717, 1.165) is 0 Å². The van der Waals surface area contributed by atoms with E-state index in [-0.39, 0.29) is 0 Å². The molecule has 1 atom stereocenters. The van der Waals surface area contributed by atoms with Crippen molar-refractivity contribution in [2.75, 3.05) is 20.2 Å². The van der Waals surface area contributed by atoms with Gasteiger partial charge in [-0.25, -0.2) is 4.72 Å². The van der Waals surface area contributed by atoms with Crippen LogP contribution in [0, 0.1) is 0 Å². The molecule has 7 heteroatoms. The molecule has 1 aliphatic rings. The van der Waals surface area contributed by atoms with Crippen molar-refractivity contribution in [3.63, 3.8) is 0 Å². The van der Waals surface area contributed by atoms with Gasteiger partial charge in [0.05, 0.1) is 7.11 Å². The van der Waals surface area contributed by atoms with Gasteiger partial charge in [-0.15, -0.1) is 0 Å². The summed E-state index contributed by atoms with van der Waals surface area (Å²) in [6.45, 7) is 2.38. The lowest BCUT2D eigenvalue weighted by atomic mass is 10.2. The molecule has 1 saturated heterocycles. The van der Waals surface area contributed by atoms with Crippen molar-refractivity contribution >= 4 is 16.2 Å². The summed E-state index contributed by atoms with van der Waals surface area (Å²) in [4.78, 5) is 11.3. The Morgan fingerprint density at radius 3 is 2.80 bits per heavy atom. The van der Waals surface area contributed by atoms with E-state index in [2.05, 4.69) is 9.46 Å². The molecule has 0 aliphatic carbocycles. The first-order chi connectivity index (χ1) is 7.03. The Labute approximate surface area is 89.8 Å². The average molecular weight is 236 g/mol. The fourth-order valence-electron chi connectivity index (χ4n) is 1.66. The minimum absolute atomic E-state index is 0.312. The number of hydrogen-bond donors (Lipinski definition) is 1. The molecule has 6 nitrogen and oxygen atoms in total. The summed E-state index contributed by atoms with van der Waals surface area (Å²) in [5.41, 5.74) is 0. The van der Waals surface area contributed by atoms with Crippen LogP contribution in [0.5, 0.6) is 0 Å². The summed E-state index contributed by atoms with van der Waals surface area (Å²) >= 11 is 0. The monoisotopic (exact) mass is 236 g/mol. The third kappa shape index (κ3) is 2.67. The Bertz CT molecular complexity index is 328. The first kappa shape index (κ1) is 12.4. The standard InChI is InChI=1S/C8H16N2O4S/c1-3-9-15(12,13)10-6-4-5-7(10)8(11)14-2/h7,9H,3-6H2,1-2H3. The van der Waals surface area contributed by atoms with E-state index in [1.165, 1.54) is 11.4 Å². The lowest BCUT2D eigenvalue weighted by molar-refractivity contribution is -0.144. The number of ether oxygens (including phenoxy) is 1. The van der Waals surface area contributed by atoms with Crippen molar-refractivity contribution in [1.82, 2.24) is 9.03 Å². The Balaban J connectivity index is 2.81. The van der Waals surface area contributed by atoms with Gasteiger partial charge in [-0.2, -0.15) is 12.7 Å². The van der Waals surface area contributed by atoms with E-state index >= 15 is 0 Å². The number of nitrogens with zero attached hydrogens (tertiary/aromatic N) is 1. The van der Waals surface area contributed by atoms with Crippen LogP contribution in [0.25, 0.3) is 0 Å².